The molecule has 9 heteroatoms. The van der Waals surface area contributed by atoms with E-state index >= 15 is 0 Å². The minimum Gasteiger partial charge on any atom is -0.508 e. The van der Waals surface area contributed by atoms with Gasteiger partial charge in [-0.05, 0) is 73.2 Å². The van der Waals surface area contributed by atoms with Crippen molar-refractivity contribution in [3.05, 3.63) is 93.2 Å². The second-order valence-electron chi connectivity index (χ2n) is 7.10. The van der Waals surface area contributed by atoms with Gasteiger partial charge in [0.05, 0.1) is 28.1 Å². The zero-order chi connectivity index (χ0) is 23.4. The van der Waals surface area contributed by atoms with E-state index in [1.807, 2.05) is 30.3 Å². The van der Waals surface area contributed by atoms with Crippen molar-refractivity contribution in [1.29, 1.82) is 0 Å². The molecule has 0 radical (unpaired) electrons. The number of hydrogen-bond acceptors (Lipinski definition) is 6. The third kappa shape index (κ3) is 5.32. The summed E-state index contributed by atoms with van der Waals surface area (Å²) in [6.45, 7) is 1.76. The van der Waals surface area contributed by atoms with Crippen LogP contribution >= 0.6 is 27.7 Å². The van der Waals surface area contributed by atoms with Gasteiger partial charge in [-0.15, -0.1) is 0 Å². The van der Waals surface area contributed by atoms with E-state index in [4.69, 9.17) is 0 Å². The summed E-state index contributed by atoms with van der Waals surface area (Å²) in [6.07, 6.45) is 0. The van der Waals surface area contributed by atoms with Crippen LogP contribution in [-0.4, -0.2) is 32.0 Å². The summed E-state index contributed by atoms with van der Waals surface area (Å²) in [4.78, 5) is 30.3. The van der Waals surface area contributed by atoms with Gasteiger partial charge in [-0.1, -0.05) is 39.8 Å². The first-order chi connectivity index (χ1) is 15.9. The number of rotatable bonds is 6. The van der Waals surface area contributed by atoms with Crippen LogP contribution in [0.4, 0.5) is 0 Å². The molecular weight excluding hydrogens is 504 g/mol. The number of benzene rings is 3. The summed E-state index contributed by atoms with van der Waals surface area (Å²) in [5, 5.41) is 14.4. The molecule has 0 unspecified atom stereocenters. The molecule has 1 heterocycles. The summed E-state index contributed by atoms with van der Waals surface area (Å²) >= 11 is 4.57. The lowest BCUT2D eigenvalue weighted by Gasteiger charge is -2.13. The zero-order valence-electron chi connectivity index (χ0n) is 17.5. The van der Waals surface area contributed by atoms with Crippen LogP contribution in [0.2, 0.25) is 0 Å². The minimum absolute atomic E-state index is 0.0215. The van der Waals surface area contributed by atoms with E-state index in [1.165, 1.54) is 4.57 Å². The van der Waals surface area contributed by atoms with Crippen molar-refractivity contribution in [2.24, 2.45) is 5.10 Å². The fraction of sp³-hybridized carbons (Fsp3) is 0.0833. The first-order valence-electron chi connectivity index (χ1n) is 9.95. The van der Waals surface area contributed by atoms with Crippen LogP contribution in [0.3, 0.4) is 0 Å². The van der Waals surface area contributed by atoms with Crippen molar-refractivity contribution in [2.75, 3.05) is 5.75 Å². The molecule has 7 nitrogen and oxygen atoms in total. The highest BCUT2D eigenvalue weighted by atomic mass is 79.9. The number of hydrogen-bond donors (Lipinski definition) is 2. The predicted octanol–water partition coefficient (Wildman–Crippen LogP) is 4.49. The average molecular weight is 523 g/mol. The van der Waals surface area contributed by atoms with Crippen LogP contribution in [0.25, 0.3) is 16.6 Å². The maximum absolute atomic E-state index is 13.2. The monoisotopic (exact) mass is 522 g/mol. The van der Waals surface area contributed by atoms with E-state index < -0.39 is 0 Å². The fourth-order valence-electron chi connectivity index (χ4n) is 3.10. The average Bonchev–Trinajstić information content (AvgIpc) is 2.82. The molecule has 0 saturated carbocycles. The molecule has 4 aromatic rings. The molecule has 0 fully saturated rings. The number of nitrogens with zero attached hydrogens (tertiary/aromatic N) is 3. The molecule has 0 saturated heterocycles. The highest BCUT2D eigenvalue weighted by molar-refractivity contribution is 9.10. The van der Waals surface area contributed by atoms with Crippen LogP contribution in [0, 0.1) is 0 Å². The molecule has 0 aliphatic rings. The number of phenolic OH excluding ortho intramolecular Hbond substituents is 1. The number of amides is 1. The SMILES string of the molecule is C/C(=N\NC(=O)CSc1nc2ccccc2c(=O)n1-c1ccc(Br)cc1)c1ccc(O)cc1. The number of hydrazone groups is 1. The lowest BCUT2D eigenvalue weighted by atomic mass is 10.1. The molecule has 166 valence electrons. The summed E-state index contributed by atoms with van der Waals surface area (Å²) in [5.41, 5.74) is 4.93. The number of carbonyl (C=O) groups is 1. The maximum Gasteiger partial charge on any atom is 0.266 e. The van der Waals surface area contributed by atoms with E-state index in [0.29, 0.717) is 27.5 Å². The standard InChI is InChI=1S/C24H19BrN4O3S/c1-15(16-6-12-19(30)13-7-16)27-28-22(31)14-33-24-26-21-5-3-2-4-20(21)23(32)29(24)18-10-8-17(25)9-11-18/h2-13,30H,14H2,1H3,(H,28,31)/b27-15+. The van der Waals surface area contributed by atoms with Gasteiger partial charge >= 0.3 is 0 Å². The van der Waals surface area contributed by atoms with E-state index in [-0.39, 0.29) is 23.0 Å². The van der Waals surface area contributed by atoms with Gasteiger partial charge in [0.25, 0.3) is 11.5 Å². The molecule has 0 aliphatic carbocycles. The largest absolute Gasteiger partial charge is 0.508 e. The molecule has 2 N–H and O–H groups in total. The number of para-hydroxylation sites is 1. The van der Waals surface area contributed by atoms with E-state index in [9.17, 15) is 14.7 Å². The highest BCUT2D eigenvalue weighted by Crippen LogP contribution is 2.22. The van der Waals surface area contributed by atoms with Crippen molar-refractivity contribution in [2.45, 2.75) is 12.1 Å². The van der Waals surface area contributed by atoms with Crippen LogP contribution in [0.5, 0.6) is 5.75 Å². The van der Waals surface area contributed by atoms with Crippen molar-refractivity contribution < 1.29 is 9.90 Å². The third-order valence-electron chi connectivity index (χ3n) is 4.80. The summed E-state index contributed by atoms with van der Waals surface area (Å²) in [7, 11) is 0. The summed E-state index contributed by atoms with van der Waals surface area (Å²) in [5.74, 6) is -0.150. The van der Waals surface area contributed by atoms with Gasteiger partial charge in [0.2, 0.25) is 0 Å². The number of halogens is 1. The second-order valence-corrected chi connectivity index (χ2v) is 8.95. The minimum atomic E-state index is -0.331. The number of fused-ring (bicyclic) bond motifs is 1. The molecule has 1 aromatic heterocycles. The van der Waals surface area contributed by atoms with Crippen LogP contribution in [0.15, 0.2) is 92.3 Å². The normalized spacial score (nSPS) is 11.5. The van der Waals surface area contributed by atoms with Crippen molar-refractivity contribution >= 4 is 50.2 Å². The molecule has 3 aromatic carbocycles. The maximum atomic E-state index is 13.2. The highest BCUT2D eigenvalue weighted by Gasteiger charge is 2.15. The van der Waals surface area contributed by atoms with Crippen LogP contribution in [-0.2, 0) is 4.79 Å². The first-order valence-corrected chi connectivity index (χ1v) is 11.7. The van der Waals surface area contributed by atoms with Gasteiger partial charge in [0, 0.05) is 4.47 Å². The van der Waals surface area contributed by atoms with Crippen molar-refractivity contribution in [1.82, 2.24) is 15.0 Å². The molecule has 0 aliphatic heterocycles. The molecule has 0 spiro atoms. The fourth-order valence-corrected chi connectivity index (χ4v) is 4.17. The van der Waals surface area contributed by atoms with Gasteiger partial charge in [0.15, 0.2) is 5.16 Å². The van der Waals surface area contributed by atoms with Crippen molar-refractivity contribution in [3.8, 4) is 11.4 Å². The smallest absolute Gasteiger partial charge is 0.266 e. The Bertz CT molecular complexity index is 1400. The molecule has 4 rings (SSSR count). The van der Waals surface area contributed by atoms with Crippen LogP contribution in [0.1, 0.15) is 12.5 Å². The Hall–Kier alpha value is -3.43. The number of phenols is 1. The van der Waals surface area contributed by atoms with Gasteiger partial charge < -0.3 is 5.11 Å². The predicted molar refractivity (Wildman–Crippen MR) is 134 cm³/mol. The first kappa shape index (κ1) is 22.8. The summed E-state index contributed by atoms with van der Waals surface area (Å²) < 4.78 is 2.40. The number of aromatic hydroxyl groups is 1. The third-order valence-corrected chi connectivity index (χ3v) is 6.26. The Kier molecular flexibility index (Phi) is 6.90. The van der Waals surface area contributed by atoms with Gasteiger partial charge in [0.1, 0.15) is 5.75 Å². The van der Waals surface area contributed by atoms with Gasteiger partial charge in [-0.25, -0.2) is 10.4 Å². The Balaban J connectivity index is 1.57. The van der Waals surface area contributed by atoms with Gasteiger partial charge in [-0.3, -0.25) is 14.2 Å². The lowest BCUT2D eigenvalue weighted by molar-refractivity contribution is -0.118. The summed E-state index contributed by atoms with van der Waals surface area (Å²) in [6, 6.07) is 21.0. The quantitative estimate of drug-likeness (QED) is 0.168. The van der Waals surface area contributed by atoms with Crippen LogP contribution < -0.4 is 11.0 Å². The molecule has 33 heavy (non-hydrogen) atoms. The lowest BCUT2D eigenvalue weighted by Crippen LogP contribution is -2.24. The number of carbonyl (C=O) groups excluding carboxylic acids is 1. The molecule has 0 bridgehead atoms. The molecule has 0 atom stereocenters. The second kappa shape index (κ2) is 10.0. The zero-order valence-corrected chi connectivity index (χ0v) is 19.9. The van der Waals surface area contributed by atoms with E-state index in [2.05, 4.69) is 31.4 Å². The Morgan fingerprint density at radius 3 is 2.52 bits per heavy atom. The topological polar surface area (TPSA) is 96.6 Å². The Morgan fingerprint density at radius 1 is 1.09 bits per heavy atom. The molecular formula is C24H19BrN4O3S. The Morgan fingerprint density at radius 2 is 1.79 bits per heavy atom. The van der Waals surface area contributed by atoms with Gasteiger partial charge in [-0.2, -0.15) is 5.10 Å². The number of thioether (sulfide) groups is 1. The Labute approximate surface area is 202 Å². The number of nitrogens with one attached hydrogen (secondary N) is 1. The van der Waals surface area contributed by atoms with Crippen molar-refractivity contribution in [3.63, 3.8) is 0 Å². The number of aromatic nitrogens is 2. The molecule has 1 amide bonds. The van der Waals surface area contributed by atoms with E-state index in [1.54, 1.807) is 49.4 Å². The van der Waals surface area contributed by atoms with E-state index in [0.717, 1.165) is 21.8 Å².